The standard InChI is InChI=1S/C20H28FN3O4/c1-4-13(23-14-12(21)10-22-17(25)24-14)26-16-20-7-5-6-11(2)19(20)9-8-18(3,28-16)27-15(19)20/h10-11,13,15-16H,4-9H2,1-3H3,(H2,22,23,24,25). The summed E-state index contributed by atoms with van der Waals surface area (Å²) < 4.78 is 33.3. The fraction of sp³-hybridized carbons (Fsp3) is 0.800. The number of nitrogens with zero attached hydrogens (tertiary/aromatic N) is 1. The molecule has 2 spiro atoms. The van der Waals surface area contributed by atoms with E-state index < -0.39 is 29.8 Å². The maximum Gasteiger partial charge on any atom is 0.346 e. The molecule has 154 valence electrons. The molecule has 1 aromatic rings. The summed E-state index contributed by atoms with van der Waals surface area (Å²) in [7, 11) is 0. The van der Waals surface area contributed by atoms with E-state index in [1.807, 2.05) is 13.8 Å². The lowest BCUT2D eigenvalue weighted by atomic mass is 9.70. The Morgan fingerprint density at radius 2 is 2.21 bits per heavy atom. The molecule has 7 atom stereocenters. The number of H-pyrrole nitrogens is 1. The highest BCUT2D eigenvalue weighted by molar-refractivity contribution is 5.35. The van der Waals surface area contributed by atoms with Gasteiger partial charge in [-0.15, -0.1) is 0 Å². The Hall–Kier alpha value is -1.51. The van der Waals surface area contributed by atoms with Gasteiger partial charge in [-0.05, 0) is 32.1 Å². The maximum atomic E-state index is 14.0. The maximum absolute atomic E-state index is 14.0. The predicted octanol–water partition coefficient (Wildman–Crippen LogP) is 3.13. The minimum absolute atomic E-state index is 0.00957. The lowest BCUT2D eigenvalue weighted by molar-refractivity contribution is -0.367. The summed E-state index contributed by atoms with van der Waals surface area (Å²) in [6, 6.07) is 0. The van der Waals surface area contributed by atoms with E-state index in [0.29, 0.717) is 12.3 Å². The normalized spacial score (nSPS) is 44.5. The van der Waals surface area contributed by atoms with Crippen molar-refractivity contribution in [1.82, 2.24) is 9.97 Å². The number of ether oxygens (including phenoxy) is 3. The Morgan fingerprint density at radius 3 is 3.00 bits per heavy atom. The first-order chi connectivity index (χ1) is 13.3. The second kappa shape index (κ2) is 6.00. The van der Waals surface area contributed by atoms with E-state index in [0.717, 1.165) is 31.9 Å². The summed E-state index contributed by atoms with van der Waals surface area (Å²) in [5.74, 6) is -0.681. The van der Waals surface area contributed by atoms with Gasteiger partial charge in [0.25, 0.3) is 0 Å². The SMILES string of the molecule is CCC(Nc1[nH]c(=O)ncc1F)OC1OC2(C)CCC34C(C)CCCC13C4O2. The van der Waals surface area contributed by atoms with Crippen LogP contribution in [0.3, 0.4) is 0 Å². The molecule has 2 aliphatic heterocycles. The number of aromatic amines is 1. The van der Waals surface area contributed by atoms with E-state index in [-0.39, 0.29) is 22.8 Å². The smallest absolute Gasteiger partial charge is 0.345 e. The first-order valence-corrected chi connectivity index (χ1v) is 10.4. The van der Waals surface area contributed by atoms with Gasteiger partial charge < -0.3 is 19.5 Å². The van der Waals surface area contributed by atoms with E-state index in [1.165, 1.54) is 6.42 Å². The van der Waals surface area contributed by atoms with Crippen molar-refractivity contribution in [3.8, 4) is 0 Å². The quantitative estimate of drug-likeness (QED) is 0.748. The van der Waals surface area contributed by atoms with Gasteiger partial charge in [-0.1, -0.05) is 26.7 Å². The first-order valence-electron chi connectivity index (χ1n) is 10.4. The molecule has 4 aliphatic rings. The summed E-state index contributed by atoms with van der Waals surface area (Å²) >= 11 is 0. The molecule has 7 nitrogen and oxygen atoms in total. The molecule has 3 heterocycles. The zero-order chi connectivity index (χ0) is 19.7. The Bertz CT molecular complexity index is 849. The lowest BCUT2D eigenvalue weighted by Gasteiger charge is -2.42. The molecule has 5 rings (SSSR count). The summed E-state index contributed by atoms with van der Waals surface area (Å²) in [6.07, 6.45) is 6.11. The highest BCUT2D eigenvalue weighted by Crippen LogP contribution is 2.83. The van der Waals surface area contributed by atoms with E-state index >= 15 is 0 Å². The Balaban J connectivity index is 1.42. The first kappa shape index (κ1) is 18.5. The molecule has 2 saturated heterocycles. The van der Waals surface area contributed by atoms with E-state index in [2.05, 4.69) is 22.2 Å². The van der Waals surface area contributed by atoms with Crippen molar-refractivity contribution in [1.29, 1.82) is 0 Å². The van der Waals surface area contributed by atoms with Crippen LogP contribution in [0, 0.1) is 22.6 Å². The van der Waals surface area contributed by atoms with Crippen LogP contribution in [0.1, 0.15) is 59.3 Å². The molecule has 2 N–H and O–H groups in total. The molecular formula is C20H28FN3O4. The van der Waals surface area contributed by atoms with Gasteiger partial charge in [-0.3, -0.25) is 4.98 Å². The summed E-state index contributed by atoms with van der Waals surface area (Å²) in [5, 5.41) is 2.97. The molecule has 0 amide bonds. The van der Waals surface area contributed by atoms with Crippen molar-refractivity contribution in [2.45, 2.75) is 83.7 Å². The van der Waals surface area contributed by atoms with Crippen LogP contribution in [0.25, 0.3) is 0 Å². The third-order valence-corrected chi connectivity index (χ3v) is 7.69. The number of rotatable bonds is 5. The van der Waals surface area contributed by atoms with Crippen molar-refractivity contribution in [3.63, 3.8) is 0 Å². The molecule has 2 bridgehead atoms. The molecule has 4 fully saturated rings. The zero-order valence-electron chi connectivity index (χ0n) is 16.6. The summed E-state index contributed by atoms with van der Waals surface area (Å²) in [5.41, 5.74) is -0.604. The van der Waals surface area contributed by atoms with Gasteiger partial charge in [0.05, 0.1) is 17.7 Å². The average Bonchev–Trinajstić information content (AvgIpc) is 3.31. The highest BCUT2D eigenvalue weighted by atomic mass is 19.1. The predicted molar refractivity (Wildman–Crippen MR) is 98.9 cm³/mol. The molecule has 2 aliphatic carbocycles. The van der Waals surface area contributed by atoms with Crippen LogP contribution in [0.15, 0.2) is 11.0 Å². The van der Waals surface area contributed by atoms with Crippen molar-refractivity contribution in [2.75, 3.05) is 5.32 Å². The molecule has 2 saturated carbocycles. The van der Waals surface area contributed by atoms with Gasteiger partial charge in [-0.25, -0.2) is 9.18 Å². The van der Waals surface area contributed by atoms with Gasteiger partial charge in [0, 0.05) is 11.8 Å². The molecule has 7 unspecified atom stereocenters. The monoisotopic (exact) mass is 393 g/mol. The molecule has 8 heteroatoms. The number of aromatic nitrogens is 2. The van der Waals surface area contributed by atoms with Crippen LogP contribution < -0.4 is 11.0 Å². The minimum Gasteiger partial charge on any atom is -0.345 e. The molecule has 0 aromatic carbocycles. The van der Waals surface area contributed by atoms with Crippen LogP contribution in [0.5, 0.6) is 0 Å². The van der Waals surface area contributed by atoms with Gasteiger partial charge in [0.2, 0.25) is 0 Å². The van der Waals surface area contributed by atoms with Crippen LogP contribution in [0.4, 0.5) is 10.2 Å². The van der Waals surface area contributed by atoms with Crippen LogP contribution in [-0.2, 0) is 14.2 Å². The van der Waals surface area contributed by atoms with Gasteiger partial charge in [0.15, 0.2) is 17.9 Å². The highest BCUT2D eigenvalue weighted by Gasteiger charge is 2.87. The minimum atomic E-state index is -0.628. The summed E-state index contributed by atoms with van der Waals surface area (Å²) in [4.78, 5) is 17.3. The Morgan fingerprint density at radius 1 is 1.39 bits per heavy atom. The van der Waals surface area contributed by atoms with Crippen LogP contribution >= 0.6 is 0 Å². The Labute approximate surface area is 163 Å². The number of hydrogen-bond acceptors (Lipinski definition) is 6. The molecule has 28 heavy (non-hydrogen) atoms. The van der Waals surface area contributed by atoms with Crippen molar-refractivity contribution in [3.05, 3.63) is 22.5 Å². The van der Waals surface area contributed by atoms with E-state index in [9.17, 15) is 9.18 Å². The van der Waals surface area contributed by atoms with Crippen molar-refractivity contribution < 1.29 is 18.6 Å². The second-order valence-electron chi connectivity index (χ2n) is 9.04. The van der Waals surface area contributed by atoms with Crippen molar-refractivity contribution >= 4 is 5.82 Å². The number of nitrogens with one attached hydrogen (secondary N) is 2. The summed E-state index contributed by atoms with van der Waals surface area (Å²) in [6.45, 7) is 6.27. The fourth-order valence-corrected chi connectivity index (χ4v) is 6.27. The third kappa shape index (κ3) is 2.31. The number of anilines is 1. The molecular weight excluding hydrogens is 365 g/mol. The average molecular weight is 393 g/mol. The third-order valence-electron chi connectivity index (χ3n) is 7.69. The van der Waals surface area contributed by atoms with Gasteiger partial charge in [-0.2, -0.15) is 4.98 Å². The topological polar surface area (TPSA) is 85.5 Å². The number of hydrogen-bond donors (Lipinski definition) is 2. The zero-order valence-corrected chi connectivity index (χ0v) is 16.6. The van der Waals surface area contributed by atoms with Gasteiger partial charge >= 0.3 is 5.69 Å². The van der Waals surface area contributed by atoms with Crippen molar-refractivity contribution in [2.24, 2.45) is 16.7 Å². The number of fused-ring (bicyclic) bond motifs is 1. The molecule has 0 radical (unpaired) electrons. The van der Waals surface area contributed by atoms with E-state index in [1.54, 1.807) is 0 Å². The van der Waals surface area contributed by atoms with Crippen LogP contribution in [0.2, 0.25) is 0 Å². The fourth-order valence-electron chi connectivity index (χ4n) is 6.27. The Kier molecular flexibility index (Phi) is 3.97. The number of halogens is 1. The lowest BCUT2D eigenvalue weighted by Crippen LogP contribution is -2.50. The van der Waals surface area contributed by atoms with Crippen LogP contribution in [-0.4, -0.2) is 34.4 Å². The second-order valence-corrected chi connectivity index (χ2v) is 9.04. The van der Waals surface area contributed by atoms with Gasteiger partial charge in [0.1, 0.15) is 12.0 Å². The van der Waals surface area contributed by atoms with E-state index in [4.69, 9.17) is 14.2 Å². The molecule has 1 aromatic heterocycles. The largest absolute Gasteiger partial charge is 0.346 e.